The lowest BCUT2D eigenvalue weighted by molar-refractivity contribution is -0.206. The topological polar surface area (TPSA) is 38.1 Å². The SMILES string of the molecule is CC(C(=O)N1CCC(c2ccnn2C(C)(C)C(F)(F)F)CC1)C(F)(F)F. The molecule has 1 saturated heterocycles. The van der Waals surface area contributed by atoms with Crippen molar-refractivity contribution in [2.45, 2.75) is 57.4 Å². The van der Waals surface area contributed by atoms with Gasteiger partial charge in [0.1, 0.15) is 5.92 Å². The van der Waals surface area contributed by atoms with Crippen LogP contribution in [0.15, 0.2) is 12.3 Å². The lowest BCUT2D eigenvalue weighted by Gasteiger charge is -2.36. The third kappa shape index (κ3) is 3.83. The Morgan fingerprint density at radius 1 is 1.15 bits per heavy atom. The van der Waals surface area contributed by atoms with Crippen LogP contribution in [0, 0.1) is 5.92 Å². The molecule has 0 spiro atoms. The minimum Gasteiger partial charge on any atom is -0.342 e. The highest BCUT2D eigenvalue weighted by Crippen LogP contribution is 2.39. The molecule has 0 radical (unpaired) electrons. The fourth-order valence-corrected chi connectivity index (χ4v) is 3.02. The summed E-state index contributed by atoms with van der Waals surface area (Å²) < 4.78 is 78.9. The van der Waals surface area contributed by atoms with E-state index in [1.54, 1.807) is 0 Å². The number of hydrogen-bond donors (Lipinski definition) is 0. The van der Waals surface area contributed by atoms with Gasteiger partial charge in [0.15, 0.2) is 5.54 Å². The molecule has 0 saturated carbocycles. The average molecular weight is 385 g/mol. The fraction of sp³-hybridized carbons (Fsp3) is 0.750. The van der Waals surface area contributed by atoms with Gasteiger partial charge < -0.3 is 4.90 Å². The van der Waals surface area contributed by atoms with Crippen molar-refractivity contribution in [3.63, 3.8) is 0 Å². The summed E-state index contributed by atoms with van der Waals surface area (Å²) in [5.74, 6) is -3.39. The molecule has 2 heterocycles. The first-order valence-corrected chi connectivity index (χ1v) is 8.23. The summed E-state index contributed by atoms with van der Waals surface area (Å²) in [6, 6.07) is 1.49. The molecule has 0 bridgehead atoms. The van der Waals surface area contributed by atoms with Crippen molar-refractivity contribution < 1.29 is 31.1 Å². The first kappa shape index (κ1) is 20.6. The number of hydrogen-bond acceptors (Lipinski definition) is 2. The second-order valence-electron chi connectivity index (χ2n) is 7.09. The highest BCUT2D eigenvalue weighted by atomic mass is 19.4. The predicted octanol–water partition coefficient (Wildman–Crippen LogP) is 4.08. The molecule has 1 aromatic heterocycles. The van der Waals surface area contributed by atoms with Crippen molar-refractivity contribution in [2.75, 3.05) is 13.1 Å². The van der Waals surface area contributed by atoms with Gasteiger partial charge >= 0.3 is 12.4 Å². The average Bonchev–Trinajstić information content (AvgIpc) is 3.02. The summed E-state index contributed by atoms with van der Waals surface area (Å²) >= 11 is 0. The van der Waals surface area contributed by atoms with Crippen LogP contribution in [-0.4, -0.2) is 46.0 Å². The van der Waals surface area contributed by atoms with Crippen molar-refractivity contribution in [3.05, 3.63) is 18.0 Å². The Hall–Kier alpha value is -1.74. The fourth-order valence-electron chi connectivity index (χ4n) is 3.02. The summed E-state index contributed by atoms with van der Waals surface area (Å²) in [7, 11) is 0. The Morgan fingerprint density at radius 3 is 2.15 bits per heavy atom. The third-order valence-corrected chi connectivity index (χ3v) is 4.98. The van der Waals surface area contributed by atoms with Crippen molar-refractivity contribution in [2.24, 2.45) is 5.92 Å². The smallest absolute Gasteiger partial charge is 0.342 e. The van der Waals surface area contributed by atoms with Crippen molar-refractivity contribution in [3.8, 4) is 0 Å². The molecule has 1 fully saturated rings. The van der Waals surface area contributed by atoms with E-state index in [0.29, 0.717) is 5.69 Å². The zero-order valence-corrected chi connectivity index (χ0v) is 14.7. The number of alkyl halides is 6. The largest absolute Gasteiger partial charge is 0.413 e. The molecule has 1 amide bonds. The molecule has 0 N–H and O–H groups in total. The molecule has 1 atom stereocenters. The summed E-state index contributed by atoms with van der Waals surface area (Å²) in [6.07, 6.45) is -7.26. The lowest BCUT2D eigenvalue weighted by Crippen LogP contribution is -2.46. The van der Waals surface area contributed by atoms with Crippen molar-refractivity contribution in [1.82, 2.24) is 14.7 Å². The zero-order chi connectivity index (χ0) is 19.9. The van der Waals surface area contributed by atoms with Gasteiger partial charge in [-0.15, -0.1) is 0 Å². The summed E-state index contributed by atoms with van der Waals surface area (Å²) in [6.45, 7) is 3.00. The maximum absolute atomic E-state index is 13.3. The van der Waals surface area contributed by atoms with Crippen molar-refractivity contribution >= 4 is 5.91 Å². The quantitative estimate of drug-likeness (QED) is 0.736. The van der Waals surface area contributed by atoms with E-state index in [1.807, 2.05) is 0 Å². The van der Waals surface area contributed by atoms with Crippen LogP contribution in [0.25, 0.3) is 0 Å². The van der Waals surface area contributed by atoms with E-state index < -0.39 is 29.7 Å². The molecule has 1 aromatic rings. The minimum atomic E-state index is -4.61. The number of amides is 1. The number of carbonyl (C=O) groups is 1. The van der Waals surface area contributed by atoms with Crippen LogP contribution in [0.2, 0.25) is 0 Å². The summed E-state index contributed by atoms with van der Waals surface area (Å²) in [5.41, 5.74) is -1.83. The highest BCUT2D eigenvalue weighted by Gasteiger charge is 2.51. The first-order valence-electron chi connectivity index (χ1n) is 8.23. The van der Waals surface area contributed by atoms with E-state index in [0.717, 1.165) is 30.4 Å². The van der Waals surface area contributed by atoms with E-state index in [4.69, 9.17) is 0 Å². The van der Waals surface area contributed by atoms with Crippen LogP contribution in [0.5, 0.6) is 0 Å². The Morgan fingerprint density at radius 2 is 1.69 bits per heavy atom. The van der Waals surface area contributed by atoms with Gasteiger partial charge in [-0.1, -0.05) is 0 Å². The lowest BCUT2D eigenvalue weighted by atomic mass is 9.91. The Bertz CT molecular complexity index is 641. The number of piperidine rings is 1. The van der Waals surface area contributed by atoms with Gasteiger partial charge in [-0.2, -0.15) is 31.4 Å². The maximum Gasteiger partial charge on any atom is 0.413 e. The number of rotatable bonds is 3. The molecule has 26 heavy (non-hydrogen) atoms. The molecule has 0 aliphatic carbocycles. The molecule has 1 unspecified atom stereocenters. The van der Waals surface area contributed by atoms with E-state index in [9.17, 15) is 31.1 Å². The molecule has 148 valence electrons. The zero-order valence-electron chi connectivity index (χ0n) is 14.7. The number of likely N-dealkylation sites (tertiary alicyclic amines) is 1. The van der Waals surface area contributed by atoms with E-state index in [1.165, 1.54) is 12.3 Å². The number of halogens is 6. The second kappa shape index (κ2) is 6.77. The number of nitrogens with zero attached hydrogens (tertiary/aromatic N) is 3. The Labute approximate surface area is 147 Å². The molecule has 10 heteroatoms. The van der Waals surface area contributed by atoms with Gasteiger partial charge in [0.25, 0.3) is 0 Å². The predicted molar refractivity (Wildman–Crippen MR) is 81.4 cm³/mol. The van der Waals surface area contributed by atoms with Crippen LogP contribution in [0.4, 0.5) is 26.3 Å². The van der Waals surface area contributed by atoms with E-state index >= 15 is 0 Å². The molecule has 2 rings (SSSR count). The van der Waals surface area contributed by atoms with Gasteiger partial charge in [-0.25, -0.2) is 0 Å². The van der Waals surface area contributed by atoms with Gasteiger partial charge in [0.2, 0.25) is 5.91 Å². The van der Waals surface area contributed by atoms with E-state index in [-0.39, 0.29) is 31.8 Å². The summed E-state index contributed by atoms with van der Waals surface area (Å²) in [4.78, 5) is 13.1. The standard InChI is InChI=1S/C16H21F6N3O/c1-10(15(17,18)19)13(26)24-8-5-11(6-9-24)12-4-7-23-25(12)14(2,3)16(20,21)22/h4,7,10-11H,5-6,8-9H2,1-3H3. The third-order valence-electron chi connectivity index (χ3n) is 4.98. The monoisotopic (exact) mass is 385 g/mol. The second-order valence-corrected chi connectivity index (χ2v) is 7.09. The molecule has 1 aliphatic heterocycles. The van der Waals surface area contributed by atoms with Crippen molar-refractivity contribution in [1.29, 1.82) is 0 Å². The minimum absolute atomic E-state index is 0.0710. The van der Waals surface area contributed by atoms with Crippen LogP contribution in [0.1, 0.15) is 45.2 Å². The molecule has 4 nitrogen and oxygen atoms in total. The molecule has 1 aliphatic rings. The molecular weight excluding hydrogens is 364 g/mol. The highest BCUT2D eigenvalue weighted by molar-refractivity contribution is 5.79. The number of carbonyl (C=O) groups excluding carboxylic acids is 1. The van der Waals surface area contributed by atoms with Crippen LogP contribution >= 0.6 is 0 Å². The molecule has 0 aromatic carbocycles. The van der Waals surface area contributed by atoms with Crippen LogP contribution in [-0.2, 0) is 10.3 Å². The Balaban J connectivity index is 2.11. The number of aromatic nitrogens is 2. The van der Waals surface area contributed by atoms with Gasteiger partial charge in [-0.3, -0.25) is 9.48 Å². The van der Waals surface area contributed by atoms with Gasteiger partial charge in [0, 0.05) is 30.9 Å². The first-order chi connectivity index (χ1) is 11.8. The van der Waals surface area contributed by atoms with Gasteiger partial charge in [0.05, 0.1) is 0 Å². The normalized spacial score (nSPS) is 18.9. The van der Waals surface area contributed by atoms with Crippen LogP contribution < -0.4 is 0 Å². The van der Waals surface area contributed by atoms with Crippen LogP contribution in [0.3, 0.4) is 0 Å². The summed E-state index contributed by atoms with van der Waals surface area (Å²) in [5, 5.41) is 3.81. The van der Waals surface area contributed by atoms with E-state index in [2.05, 4.69) is 5.10 Å². The maximum atomic E-state index is 13.3. The Kier molecular flexibility index (Phi) is 5.36. The van der Waals surface area contributed by atoms with Gasteiger partial charge in [-0.05, 0) is 39.7 Å². The molecular formula is C16H21F6N3O.